The van der Waals surface area contributed by atoms with Crippen molar-refractivity contribution >= 4 is 15.9 Å². The predicted molar refractivity (Wildman–Crippen MR) is 76.6 cm³/mol. The molecule has 1 rings (SSSR count). The van der Waals surface area contributed by atoms with Crippen LogP contribution in [-0.4, -0.2) is 24.9 Å². The first-order valence-corrected chi connectivity index (χ1v) is 7.20. The second-order valence-corrected chi connectivity index (χ2v) is 5.84. The molecule has 20 heavy (non-hydrogen) atoms. The molecule has 2 atom stereocenters. The van der Waals surface area contributed by atoms with Crippen LogP contribution in [0.15, 0.2) is 28.7 Å². The van der Waals surface area contributed by atoms with E-state index in [1.165, 1.54) is 0 Å². The first-order chi connectivity index (χ1) is 9.20. The molecule has 6 heteroatoms. The number of halogens is 4. The van der Waals surface area contributed by atoms with Crippen LogP contribution in [-0.2, 0) is 4.74 Å². The maximum atomic E-state index is 12.6. The molecule has 1 N–H and O–H groups in total. The molecule has 0 aromatic heterocycles. The van der Waals surface area contributed by atoms with Crippen molar-refractivity contribution in [3.8, 4) is 0 Å². The molecule has 0 saturated heterocycles. The smallest absolute Gasteiger partial charge is 0.360 e. The Labute approximate surface area is 125 Å². The Balaban J connectivity index is 2.82. The maximum Gasteiger partial charge on any atom is 0.414 e. The summed E-state index contributed by atoms with van der Waals surface area (Å²) in [6.45, 7) is 5.23. The van der Waals surface area contributed by atoms with Gasteiger partial charge in [-0.15, -0.1) is 0 Å². The van der Waals surface area contributed by atoms with E-state index in [0.717, 1.165) is 17.0 Å². The van der Waals surface area contributed by atoms with Gasteiger partial charge in [-0.05, 0) is 24.6 Å². The summed E-state index contributed by atoms with van der Waals surface area (Å²) in [5.74, 6) is 0. The van der Waals surface area contributed by atoms with E-state index in [9.17, 15) is 13.2 Å². The Kier molecular flexibility index (Phi) is 6.48. The number of hydrogen-bond donors (Lipinski definition) is 1. The van der Waals surface area contributed by atoms with Crippen molar-refractivity contribution in [3.05, 3.63) is 34.3 Å². The lowest BCUT2D eigenvalue weighted by molar-refractivity contribution is -0.227. The van der Waals surface area contributed by atoms with Crippen LogP contribution in [0.25, 0.3) is 0 Å². The Morgan fingerprint density at radius 1 is 1.15 bits per heavy atom. The molecule has 0 fully saturated rings. The largest absolute Gasteiger partial charge is 0.414 e. The summed E-state index contributed by atoms with van der Waals surface area (Å²) in [5.41, 5.74) is 0.720. The lowest BCUT2D eigenvalue weighted by Gasteiger charge is -2.25. The fraction of sp³-hybridized carbons (Fsp3) is 0.571. The molecule has 0 heterocycles. The molecule has 0 saturated carbocycles. The summed E-state index contributed by atoms with van der Waals surface area (Å²) in [5, 5.41) is 3.11. The Morgan fingerprint density at radius 2 is 1.70 bits per heavy atom. The molecular formula is C14H19BrF3NO. The summed E-state index contributed by atoms with van der Waals surface area (Å²) in [4.78, 5) is 0. The quantitative estimate of drug-likeness (QED) is 0.815. The molecule has 0 spiro atoms. The fourth-order valence-electron chi connectivity index (χ4n) is 1.59. The Morgan fingerprint density at radius 3 is 2.15 bits per heavy atom. The molecule has 0 radical (unpaired) electrons. The van der Waals surface area contributed by atoms with Crippen molar-refractivity contribution in [3.63, 3.8) is 0 Å². The van der Waals surface area contributed by atoms with Crippen LogP contribution in [0.3, 0.4) is 0 Å². The summed E-state index contributed by atoms with van der Waals surface area (Å²) in [6, 6.07) is 7.29. The topological polar surface area (TPSA) is 21.3 Å². The molecule has 0 bridgehead atoms. The highest BCUT2D eigenvalue weighted by atomic mass is 79.9. The zero-order chi connectivity index (χ0) is 15.3. The van der Waals surface area contributed by atoms with Crippen LogP contribution in [0.4, 0.5) is 13.2 Å². The van der Waals surface area contributed by atoms with Crippen molar-refractivity contribution in [2.75, 3.05) is 6.54 Å². The van der Waals surface area contributed by atoms with Crippen LogP contribution in [0.2, 0.25) is 0 Å². The Bertz CT molecular complexity index is 406. The van der Waals surface area contributed by atoms with E-state index in [1.54, 1.807) is 24.3 Å². The molecule has 1 aromatic carbocycles. The number of hydrogen-bond acceptors (Lipinski definition) is 2. The Hall–Kier alpha value is -0.590. The minimum atomic E-state index is -4.36. The molecule has 0 aliphatic rings. The van der Waals surface area contributed by atoms with E-state index in [0.29, 0.717) is 6.54 Å². The molecule has 0 amide bonds. The zero-order valence-electron chi connectivity index (χ0n) is 11.7. The number of rotatable bonds is 6. The summed E-state index contributed by atoms with van der Waals surface area (Å²) >= 11 is 3.30. The van der Waals surface area contributed by atoms with E-state index in [2.05, 4.69) is 21.2 Å². The van der Waals surface area contributed by atoms with Crippen molar-refractivity contribution in [2.45, 2.75) is 45.2 Å². The van der Waals surface area contributed by atoms with E-state index in [1.807, 2.05) is 13.8 Å². The minimum absolute atomic E-state index is 0.178. The van der Waals surface area contributed by atoms with Gasteiger partial charge in [0.1, 0.15) is 0 Å². The third-order valence-electron chi connectivity index (χ3n) is 2.78. The first-order valence-electron chi connectivity index (χ1n) is 6.41. The van der Waals surface area contributed by atoms with Crippen LogP contribution >= 0.6 is 15.9 Å². The van der Waals surface area contributed by atoms with Gasteiger partial charge in [0.2, 0.25) is 0 Å². The van der Waals surface area contributed by atoms with Crippen LogP contribution in [0.1, 0.15) is 32.4 Å². The van der Waals surface area contributed by atoms with Crippen LogP contribution in [0, 0.1) is 0 Å². The molecule has 2 nitrogen and oxygen atoms in total. The van der Waals surface area contributed by atoms with Gasteiger partial charge in [-0.25, -0.2) is 0 Å². The van der Waals surface area contributed by atoms with E-state index in [4.69, 9.17) is 4.74 Å². The van der Waals surface area contributed by atoms with Crippen molar-refractivity contribution < 1.29 is 17.9 Å². The van der Waals surface area contributed by atoms with E-state index >= 15 is 0 Å². The lowest BCUT2D eigenvalue weighted by Crippen LogP contribution is -2.35. The normalized spacial score (nSPS) is 15.4. The van der Waals surface area contributed by atoms with Crippen molar-refractivity contribution in [2.24, 2.45) is 0 Å². The molecule has 114 valence electrons. The average Bonchev–Trinajstić information content (AvgIpc) is 2.34. The lowest BCUT2D eigenvalue weighted by atomic mass is 10.1. The highest BCUT2D eigenvalue weighted by molar-refractivity contribution is 9.10. The minimum Gasteiger partial charge on any atom is -0.360 e. The fourth-order valence-corrected chi connectivity index (χ4v) is 1.85. The predicted octanol–water partition coefficient (Wildman–Crippen LogP) is 4.46. The monoisotopic (exact) mass is 353 g/mol. The highest BCUT2D eigenvalue weighted by Gasteiger charge is 2.38. The summed E-state index contributed by atoms with van der Waals surface area (Å²) in [7, 11) is 0. The van der Waals surface area contributed by atoms with Gasteiger partial charge < -0.3 is 10.1 Å². The van der Waals surface area contributed by atoms with Gasteiger partial charge in [-0.1, -0.05) is 41.9 Å². The van der Waals surface area contributed by atoms with E-state index < -0.39 is 18.4 Å². The van der Waals surface area contributed by atoms with Crippen LogP contribution in [0.5, 0.6) is 0 Å². The molecule has 0 aliphatic heterocycles. The van der Waals surface area contributed by atoms with Crippen molar-refractivity contribution in [1.29, 1.82) is 0 Å². The molecular weight excluding hydrogens is 335 g/mol. The second kappa shape index (κ2) is 7.43. The summed E-state index contributed by atoms with van der Waals surface area (Å²) < 4.78 is 44.0. The first kappa shape index (κ1) is 17.5. The third-order valence-corrected chi connectivity index (χ3v) is 3.31. The summed E-state index contributed by atoms with van der Waals surface area (Å²) in [6.07, 6.45) is -6.79. The van der Waals surface area contributed by atoms with Crippen molar-refractivity contribution in [1.82, 2.24) is 5.32 Å². The van der Waals surface area contributed by atoms with Gasteiger partial charge in [0.25, 0.3) is 0 Å². The molecule has 2 unspecified atom stereocenters. The SMILES string of the molecule is CC(C)NCC(OC(C)C(F)(F)F)c1ccc(Br)cc1. The standard InChI is InChI=1S/C14H19BrF3NO/c1-9(2)19-8-13(20-10(3)14(16,17)18)11-4-6-12(15)7-5-11/h4-7,9-10,13,19H,8H2,1-3H3. The number of alkyl halides is 3. The number of ether oxygens (including phenoxy) is 1. The highest BCUT2D eigenvalue weighted by Crippen LogP contribution is 2.28. The third kappa shape index (κ3) is 5.81. The number of benzene rings is 1. The molecule has 0 aliphatic carbocycles. The van der Waals surface area contributed by atoms with E-state index in [-0.39, 0.29) is 6.04 Å². The average molecular weight is 354 g/mol. The van der Waals surface area contributed by atoms with Crippen LogP contribution < -0.4 is 5.32 Å². The van der Waals surface area contributed by atoms with Gasteiger partial charge in [0.15, 0.2) is 6.10 Å². The number of nitrogens with one attached hydrogen (secondary N) is 1. The van der Waals surface area contributed by atoms with Gasteiger partial charge >= 0.3 is 6.18 Å². The van der Waals surface area contributed by atoms with Gasteiger partial charge in [0.05, 0.1) is 6.10 Å². The molecule has 1 aromatic rings. The second-order valence-electron chi connectivity index (χ2n) is 4.92. The van der Waals surface area contributed by atoms with Gasteiger partial charge in [-0.3, -0.25) is 0 Å². The zero-order valence-corrected chi connectivity index (χ0v) is 13.3. The van der Waals surface area contributed by atoms with Gasteiger partial charge in [0, 0.05) is 17.1 Å². The van der Waals surface area contributed by atoms with Gasteiger partial charge in [-0.2, -0.15) is 13.2 Å². The maximum absolute atomic E-state index is 12.6.